The number of hydrogen-bond donors (Lipinski definition) is 1. The van der Waals surface area contributed by atoms with Gasteiger partial charge >= 0.3 is 0 Å². The van der Waals surface area contributed by atoms with Gasteiger partial charge in [-0.05, 0) is 17.9 Å². The van der Waals surface area contributed by atoms with Crippen LogP contribution >= 0.6 is 20.8 Å². The van der Waals surface area contributed by atoms with Gasteiger partial charge in [-0.2, -0.15) is 0 Å². The molecule has 0 amide bonds. The topological polar surface area (TPSA) is 9.23 Å². The SMILES string of the molecule is CCCOC1=C[SH](Cl)C=C1. The lowest BCUT2D eigenvalue weighted by atomic mass is 10.5. The predicted octanol–water partition coefficient (Wildman–Crippen LogP) is 2.94. The van der Waals surface area contributed by atoms with Crippen molar-refractivity contribution in [3.8, 4) is 0 Å². The van der Waals surface area contributed by atoms with E-state index in [2.05, 4.69) is 6.92 Å². The van der Waals surface area contributed by atoms with Crippen LogP contribution in [0.15, 0.2) is 22.7 Å². The lowest BCUT2D eigenvalue weighted by Crippen LogP contribution is -1.88. The van der Waals surface area contributed by atoms with Gasteiger partial charge in [-0.1, -0.05) is 17.6 Å². The van der Waals surface area contributed by atoms with Gasteiger partial charge in [0.2, 0.25) is 0 Å². The van der Waals surface area contributed by atoms with Crippen molar-refractivity contribution in [1.82, 2.24) is 0 Å². The van der Waals surface area contributed by atoms with Crippen LogP contribution in [0.4, 0.5) is 0 Å². The lowest BCUT2D eigenvalue weighted by Gasteiger charge is -2.01. The van der Waals surface area contributed by atoms with Crippen molar-refractivity contribution < 1.29 is 4.74 Å². The predicted molar refractivity (Wildman–Crippen MR) is 48.3 cm³/mol. The van der Waals surface area contributed by atoms with E-state index in [1.54, 1.807) is 0 Å². The summed E-state index contributed by atoms with van der Waals surface area (Å²) >= 11 is 0. The number of hydrogen-bond acceptors (Lipinski definition) is 1. The van der Waals surface area contributed by atoms with E-state index in [-0.39, 0.29) is 0 Å². The normalized spacial score (nSPS) is 26.6. The average molecular weight is 179 g/mol. The monoisotopic (exact) mass is 178 g/mol. The Labute approximate surface area is 68.6 Å². The van der Waals surface area contributed by atoms with Crippen LogP contribution in [0.1, 0.15) is 13.3 Å². The van der Waals surface area contributed by atoms with Gasteiger partial charge in [0.15, 0.2) is 0 Å². The van der Waals surface area contributed by atoms with Crippen molar-refractivity contribution in [2.45, 2.75) is 13.3 Å². The van der Waals surface area contributed by atoms with Crippen molar-refractivity contribution in [1.29, 1.82) is 0 Å². The second kappa shape index (κ2) is 3.94. The van der Waals surface area contributed by atoms with Gasteiger partial charge in [0, 0.05) is 5.41 Å². The van der Waals surface area contributed by atoms with Crippen LogP contribution in [0.2, 0.25) is 0 Å². The molecule has 0 radical (unpaired) electrons. The molecule has 0 saturated carbocycles. The molecule has 0 aromatic heterocycles. The number of ether oxygens (including phenoxy) is 1. The first-order valence-electron chi connectivity index (χ1n) is 3.30. The molecule has 1 atom stereocenters. The minimum absolute atomic E-state index is 0.516. The molecule has 1 nitrogen and oxygen atoms in total. The summed E-state index contributed by atoms with van der Waals surface area (Å²) in [6.07, 6.45) is 2.99. The highest BCUT2D eigenvalue weighted by atomic mass is 35.7. The van der Waals surface area contributed by atoms with E-state index in [0.717, 1.165) is 18.8 Å². The molecule has 0 spiro atoms. The van der Waals surface area contributed by atoms with Gasteiger partial charge in [0.1, 0.15) is 5.76 Å². The minimum Gasteiger partial charge on any atom is -0.493 e. The van der Waals surface area contributed by atoms with Gasteiger partial charge in [-0.25, -0.2) is 0 Å². The molecule has 3 heteroatoms. The van der Waals surface area contributed by atoms with E-state index in [4.69, 9.17) is 15.4 Å². The Hall–Kier alpha value is -0.0800. The summed E-state index contributed by atoms with van der Waals surface area (Å²) in [5, 5.41) is 3.94. The molecule has 1 rings (SSSR count). The van der Waals surface area contributed by atoms with Gasteiger partial charge in [0.25, 0.3) is 0 Å². The molecule has 0 N–H and O–H groups in total. The quantitative estimate of drug-likeness (QED) is 0.654. The number of allylic oxidation sites excluding steroid dienone is 1. The second-order valence-corrected chi connectivity index (χ2v) is 4.46. The molecular weight excluding hydrogens is 168 g/mol. The molecule has 0 fully saturated rings. The highest BCUT2D eigenvalue weighted by Crippen LogP contribution is 2.40. The molecule has 1 aliphatic rings. The summed E-state index contributed by atoms with van der Waals surface area (Å²) in [6, 6.07) is 0. The van der Waals surface area contributed by atoms with E-state index in [1.807, 2.05) is 16.9 Å². The number of halogens is 1. The first-order valence-corrected chi connectivity index (χ1v) is 5.68. The smallest absolute Gasteiger partial charge is 0.125 e. The van der Waals surface area contributed by atoms with Crippen LogP contribution < -0.4 is 0 Å². The molecule has 58 valence electrons. The Bertz CT molecular complexity index is 165. The van der Waals surface area contributed by atoms with E-state index in [0.29, 0.717) is 0 Å². The maximum absolute atomic E-state index is 5.81. The van der Waals surface area contributed by atoms with Gasteiger partial charge in [-0.3, -0.25) is 0 Å². The summed E-state index contributed by atoms with van der Waals surface area (Å²) in [7, 11) is 5.29. The minimum atomic E-state index is -0.516. The maximum atomic E-state index is 5.81. The van der Waals surface area contributed by atoms with Gasteiger partial charge in [0.05, 0.1) is 6.61 Å². The third kappa shape index (κ3) is 2.27. The third-order valence-corrected chi connectivity index (χ3v) is 2.67. The van der Waals surface area contributed by atoms with Gasteiger partial charge < -0.3 is 4.74 Å². The van der Waals surface area contributed by atoms with E-state index >= 15 is 0 Å². The Kier molecular flexibility index (Phi) is 3.16. The summed E-state index contributed by atoms with van der Waals surface area (Å²) < 4.78 is 5.33. The molecule has 0 aromatic rings. The number of thiol groups is 1. The zero-order valence-electron chi connectivity index (χ0n) is 5.88. The maximum Gasteiger partial charge on any atom is 0.125 e. The average Bonchev–Trinajstić information content (AvgIpc) is 2.31. The fraction of sp³-hybridized carbons (Fsp3) is 0.429. The Morgan fingerprint density at radius 2 is 2.50 bits per heavy atom. The molecule has 1 heterocycles. The molecular formula is C7H11ClOS. The Morgan fingerprint density at radius 1 is 1.70 bits per heavy atom. The van der Waals surface area contributed by atoms with E-state index in [1.165, 1.54) is 0 Å². The molecule has 0 aromatic carbocycles. The van der Waals surface area contributed by atoms with Crippen LogP contribution in [-0.2, 0) is 4.74 Å². The summed E-state index contributed by atoms with van der Waals surface area (Å²) in [5.74, 6) is 0.933. The molecule has 10 heavy (non-hydrogen) atoms. The zero-order chi connectivity index (χ0) is 7.40. The molecule has 0 bridgehead atoms. The van der Waals surface area contributed by atoms with Crippen molar-refractivity contribution in [3.05, 3.63) is 22.7 Å². The van der Waals surface area contributed by atoms with Crippen LogP contribution in [0, 0.1) is 0 Å². The molecule has 1 aliphatic heterocycles. The third-order valence-electron chi connectivity index (χ3n) is 1.10. The zero-order valence-corrected chi connectivity index (χ0v) is 7.53. The molecule has 0 aliphatic carbocycles. The highest BCUT2D eigenvalue weighted by molar-refractivity contribution is 8.40. The van der Waals surface area contributed by atoms with Crippen molar-refractivity contribution in [3.63, 3.8) is 0 Å². The Morgan fingerprint density at radius 3 is 3.00 bits per heavy atom. The van der Waals surface area contributed by atoms with Crippen molar-refractivity contribution in [2.24, 2.45) is 0 Å². The van der Waals surface area contributed by atoms with E-state index < -0.39 is 10.1 Å². The fourth-order valence-electron chi connectivity index (χ4n) is 0.658. The summed E-state index contributed by atoms with van der Waals surface area (Å²) in [6.45, 7) is 2.87. The lowest BCUT2D eigenvalue weighted by molar-refractivity contribution is 0.226. The Balaban J connectivity index is 2.30. The molecule has 1 unspecified atom stereocenters. The fourth-order valence-corrected chi connectivity index (χ4v) is 1.89. The highest BCUT2D eigenvalue weighted by Gasteiger charge is 2.02. The van der Waals surface area contributed by atoms with E-state index in [9.17, 15) is 0 Å². The first kappa shape index (κ1) is 8.02. The van der Waals surface area contributed by atoms with Gasteiger partial charge in [-0.15, -0.1) is 10.1 Å². The molecule has 0 saturated heterocycles. The van der Waals surface area contributed by atoms with Crippen molar-refractivity contribution >= 4 is 20.8 Å². The van der Waals surface area contributed by atoms with Crippen LogP contribution in [0.3, 0.4) is 0 Å². The summed E-state index contributed by atoms with van der Waals surface area (Å²) in [5.41, 5.74) is 0. The van der Waals surface area contributed by atoms with Crippen LogP contribution in [0.25, 0.3) is 0 Å². The van der Waals surface area contributed by atoms with Crippen LogP contribution in [-0.4, -0.2) is 6.61 Å². The number of rotatable bonds is 3. The standard InChI is InChI=1S/C7H11ClOS/c1-2-4-9-7-3-5-10(8)6-7/h3,5-6,10H,2,4H2,1H3. The first-order chi connectivity index (χ1) is 4.83. The summed E-state index contributed by atoms with van der Waals surface area (Å²) in [4.78, 5) is 0. The van der Waals surface area contributed by atoms with Crippen LogP contribution in [0.5, 0.6) is 0 Å². The second-order valence-electron chi connectivity index (χ2n) is 2.04. The largest absolute Gasteiger partial charge is 0.493 e. The van der Waals surface area contributed by atoms with Crippen molar-refractivity contribution in [2.75, 3.05) is 6.61 Å².